The van der Waals surface area contributed by atoms with E-state index in [1.807, 2.05) is 0 Å². The first-order valence-electron chi connectivity index (χ1n) is 5.90. The fourth-order valence-corrected chi connectivity index (χ4v) is 2.11. The fraction of sp³-hybridized carbons (Fsp3) is 0.462. The van der Waals surface area contributed by atoms with Crippen molar-refractivity contribution >= 4 is 29.1 Å². The van der Waals surface area contributed by atoms with Crippen molar-refractivity contribution in [3.05, 3.63) is 33.8 Å². The van der Waals surface area contributed by atoms with Crippen LogP contribution in [-0.4, -0.2) is 18.5 Å². The minimum Gasteiger partial charge on any atom is -0.348 e. The summed E-state index contributed by atoms with van der Waals surface area (Å²) < 4.78 is 0. The van der Waals surface area contributed by atoms with E-state index in [0.29, 0.717) is 23.0 Å². The van der Waals surface area contributed by atoms with Crippen molar-refractivity contribution in [2.45, 2.75) is 26.3 Å². The Labute approximate surface area is 118 Å². The maximum atomic E-state index is 12.1. The molecule has 0 saturated heterocycles. The van der Waals surface area contributed by atoms with Crippen LogP contribution in [0, 0.1) is 5.92 Å². The van der Waals surface area contributed by atoms with Crippen LogP contribution in [0.2, 0.25) is 10.0 Å². The molecular formula is C13H18Cl2N2O. The highest BCUT2D eigenvalue weighted by atomic mass is 35.5. The molecule has 0 saturated carbocycles. The Bertz CT molecular complexity index is 421. The van der Waals surface area contributed by atoms with Gasteiger partial charge in [0, 0.05) is 12.6 Å². The molecule has 0 heterocycles. The Kier molecular flexibility index (Phi) is 5.93. The number of nitrogens with two attached hydrogens (primary N) is 1. The SMILES string of the molecule is CC(C)CC(CN)NC(=O)c1cccc(Cl)c1Cl. The van der Waals surface area contributed by atoms with Gasteiger partial charge in [0.05, 0.1) is 15.6 Å². The van der Waals surface area contributed by atoms with Crippen molar-refractivity contribution < 1.29 is 4.79 Å². The van der Waals surface area contributed by atoms with E-state index in [9.17, 15) is 4.79 Å². The molecule has 1 unspecified atom stereocenters. The minimum absolute atomic E-state index is 0.0486. The van der Waals surface area contributed by atoms with Crippen LogP contribution in [0.3, 0.4) is 0 Å². The first-order chi connectivity index (χ1) is 8.45. The van der Waals surface area contributed by atoms with Gasteiger partial charge in [-0.25, -0.2) is 0 Å². The van der Waals surface area contributed by atoms with Crippen LogP contribution < -0.4 is 11.1 Å². The summed E-state index contributed by atoms with van der Waals surface area (Å²) in [5.41, 5.74) is 6.02. The normalized spacial score (nSPS) is 12.6. The molecule has 0 aliphatic carbocycles. The van der Waals surface area contributed by atoms with E-state index in [-0.39, 0.29) is 17.0 Å². The van der Waals surface area contributed by atoms with Gasteiger partial charge in [-0.05, 0) is 24.5 Å². The Morgan fingerprint density at radius 1 is 1.39 bits per heavy atom. The fourth-order valence-electron chi connectivity index (χ4n) is 1.73. The van der Waals surface area contributed by atoms with Gasteiger partial charge in [-0.15, -0.1) is 0 Å². The number of carbonyl (C=O) groups excluding carboxylic acids is 1. The van der Waals surface area contributed by atoms with Crippen LogP contribution >= 0.6 is 23.2 Å². The standard InChI is InChI=1S/C13H18Cl2N2O/c1-8(2)6-9(7-16)17-13(18)10-4-3-5-11(14)12(10)15/h3-5,8-9H,6-7,16H2,1-2H3,(H,17,18). The minimum atomic E-state index is -0.237. The predicted octanol–water partition coefficient (Wildman–Crippen LogP) is 3.10. The lowest BCUT2D eigenvalue weighted by Gasteiger charge is -2.19. The predicted molar refractivity (Wildman–Crippen MR) is 76.2 cm³/mol. The molecule has 1 rings (SSSR count). The average molecular weight is 289 g/mol. The molecule has 1 atom stereocenters. The molecule has 1 amide bonds. The second-order valence-electron chi connectivity index (χ2n) is 4.64. The number of halogens is 2. The van der Waals surface area contributed by atoms with Crippen molar-refractivity contribution in [3.63, 3.8) is 0 Å². The summed E-state index contributed by atoms with van der Waals surface area (Å²) in [7, 11) is 0. The van der Waals surface area contributed by atoms with Gasteiger partial charge in [0.15, 0.2) is 0 Å². The molecule has 0 aromatic heterocycles. The van der Waals surface area contributed by atoms with Crippen LogP contribution in [0.15, 0.2) is 18.2 Å². The molecule has 0 aliphatic heterocycles. The molecule has 18 heavy (non-hydrogen) atoms. The van der Waals surface area contributed by atoms with Crippen LogP contribution in [-0.2, 0) is 0 Å². The molecule has 1 aromatic carbocycles. The molecule has 0 spiro atoms. The summed E-state index contributed by atoms with van der Waals surface area (Å²) in [5, 5.41) is 3.52. The molecule has 1 aromatic rings. The monoisotopic (exact) mass is 288 g/mol. The number of amides is 1. The van der Waals surface area contributed by atoms with Crippen LogP contribution in [0.25, 0.3) is 0 Å². The van der Waals surface area contributed by atoms with E-state index < -0.39 is 0 Å². The molecule has 3 N–H and O–H groups in total. The third-order valence-electron chi connectivity index (χ3n) is 2.57. The van der Waals surface area contributed by atoms with Gasteiger partial charge < -0.3 is 11.1 Å². The maximum absolute atomic E-state index is 12.1. The van der Waals surface area contributed by atoms with Gasteiger partial charge in [-0.1, -0.05) is 43.1 Å². The van der Waals surface area contributed by atoms with E-state index in [1.54, 1.807) is 18.2 Å². The lowest BCUT2D eigenvalue weighted by Crippen LogP contribution is -2.41. The molecule has 0 aliphatic rings. The molecule has 100 valence electrons. The van der Waals surface area contributed by atoms with E-state index >= 15 is 0 Å². The molecular weight excluding hydrogens is 271 g/mol. The first kappa shape index (κ1) is 15.3. The van der Waals surface area contributed by atoms with Crippen LogP contribution in [0.1, 0.15) is 30.6 Å². The number of carbonyl (C=O) groups is 1. The largest absolute Gasteiger partial charge is 0.348 e. The van der Waals surface area contributed by atoms with Gasteiger partial charge in [-0.3, -0.25) is 4.79 Å². The van der Waals surface area contributed by atoms with Crippen molar-refractivity contribution in [2.24, 2.45) is 11.7 Å². The van der Waals surface area contributed by atoms with Crippen LogP contribution in [0.5, 0.6) is 0 Å². The second-order valence-corrected chi connectivity index (χ2v) is 5.42. The lowest BCUT2D eigenvalue weighted by atomic mass is 10.0. The molecule has 0 bridgehead atoms. The van der Waals surface area contributed by atoms with Gasteiger partial charge in [0.2, 0.25) is 0 Å². The number of hydrogen-bond acceptors (Lipinski definition) is 2. The highest BCUT2D eigenvalue weighted by Gasteiger charge is 2.17. The Morgan fingerprint density at radius 3 is 2.61 bits per heavy atom. The number of hydrogen-bond donors (Lipinski definition) is 2. The highest BCUT2D eigenvalue weighted by molar-refractivity contribution is 6.43. The van der Waals surface area contributed by atoms with Crippen molar-refractivity contribution in [1.82, 2.24) is 5.32 Å². The zero-order valence-electron chi connectivity index (χ0n) is 10.5. The topological polar surface area (TPSA) is 55.1 Å². The molecule has 3 nitrogen and oxygen atoms in total. The summed E-state index contributed by atoms with van der Waals surface area (Å²) in [6.45, 7) is 4.57. The third kappa shape index (κ3) is 4.16. The molecule has 0 radical (unpaired) electrons. The van der Waals surface area contributed by atoms with E-state index in [2.05, 4.69) is 19.2 Å². The summed E-state index contributed by atoms with van der Waals surface area (Å²) in [6.07, 6.45) is 0.834. The van der Waals surface area contributed by atoms with Gasteiger partial charge in [0.25, 0.3) is 5.91 Å². The van der Waals surface area contributed by atoms with E-state index in [4.69, 9.17) is 28.9 Å². The zero-order chi connectivity index (χ0) is 13.7. The maximum Gasteiger partial charge on any atom is 0.253 e. The molecule has 0 fully saturated rings. The summed E-state index contributed by atoms with van der Waals surface area (Å²) in [5.74, 6) is 0.229. The van der Waals surface area contributed by atoms with Gasteiger partial charge in [0.1, 0.15) is 0 Å². The number of benzene rings is 1. The molecule has 5 heteroatoms. The van der Waals surface area contributed by atoms with Gasteiger partial charge in [-0.2, -0.15) is 0 Å². The van der Waals surface area contributed by atoms with Crippen molar-refractivity contribution in [3.8, 4) is 0 Å². The second kappa shape index (κ2) is 6.98. The zero-order valence-corrected chi connectivity index (χ0v) is 12.1. The Hall–Kier alpha value is -0.770. The number of nitrogens with one attached hydrogen (secondary N) is 1. The number of rotatable bonds is 5. The average Bonchev–Trinajstić information content (AvgIpc) is 2.31. The first-order valence-corrected chi connectivity index (χ1v) is 6.66. The van der Waals surface area contributed by atoms with E-state index in [1.165, 1.54) is 0 Å². The van der Waals surface area contributed by atoms with Crippen molar-refractivity contribution in [2.75, 3.05) is 6.54 Å². The third-order valence-corrected chi connectivity index (χ3v) is 3.39. The summed E-state index contributed by atoms with van der Waals surface area (Å²) in [4.78, 5) is 12.1. The van der Waals surface area contributed by atoms with Gasteiger partial charge >= 0.3 is 0 Å². The van der Waals surface area contributed by atoms with E-state index in [0.717, 1.165) is 6.42 Å². The quantitative estimate of drug-likeness (QED) is 0.875. The van der Waals surface area contributed by atoms with Crippen molar-refractivity contribution in [1.29, 1.82) is 0 Å². The lowest BCUT2D eigenvalue weighted by molar-refractivity contribution is 0.0934. The summed E-state index contributed by atoms with van der Waals surface area (Å²) >= 11 is 11.9. The Balaban J connectivity index is 2.78. The Morgan fingerprint density at radius 2 is 2.06 bits per heavy atom. The van der Waals surface area contributed by atoms with Crippen LogP contribution in [0.4, 0.5) is 0 Å². The smallest absolute Gasteiger partial charge is 0.253 e. The highest BCUT2D eigenvalue weighted by Crippen LogP contribution is 2.25. The summed E-state index contributed by atoms with van der Waals surface area (Å²) in [6, 6.07) is 4.94.